The van der Waals surface area contributed by atoms with Crippen molar-refractivity contribution in [1.29, 1.82) is 0 Å². The van der Waals surface area contributed by atoms with Crippen LogP contribution in [0.3, 0.4) is 0 Å². The Labute approximate surface area is 108 Å². The van der Waals surface area contributed by atoms with Gasteiger partial charge in [0, 0.05) is 19.1 Å². The van der Waals surface area contributed by atoms with E-state index in [1.807, 2.05) is 38.8 Å². The Morgan fingerprint density at radius 3 is 2.78 bits per heavy atom. The number of aliphatic hydroxyl groups excluding tert-OH is 1. The molecule has 0 aliphatic rings. The summed E-state index contributed by atoms with van der Waals surface area (Å²) in [5.74, 6) is 0. The van der Waals surface area contributed by atoms with E-state index < -0.39 is 0 Å². The SMILES string of the molecule is CN(Cc1ccc2c(c1)ncn2C)C(C)(C)CO. The van der Waals surface area contributed by atoms with Crippen LogP contribution in [0.4, 0.5) is 0 Å². The second-order valence-electron chi connectivity index (χ2n) is 5.51. The molecule has 0 aliphatic heterocycles. The predicted octanol–water partition coefficient (Wildman–Crippen LogP) is 1.78. The van der Waals surface area contributed by atoms with Crippen molar-refractivity contribution in [2.24, 2.45) is 7.05 Å². The molecule has 0 unspecified atom stereocenters. The number of nitrogens with zero attached hydrogens (tertiary/aromatic N) is 3. The van der Waals surface area contributed by atoms with Gasteiger partial charge in [-0.25, -0.2) is 4.98 Å². The summed E-state index contributed by atoms with van der Waals surface area (Å²) >= 11 is 0. The number of aromatic nitrogens is 2. The summed E-state index contributed by atoms with van der Waals surface area (Å²) in [4.78, 5) is 6.51. The van der Waals surface area contributed by atoms with Crippen molar-refractivity contribution >= 4 is 11.0 Å². The Morgan fingerprint density at radius 2 is 2.11 bits per heavy atom. The topological polar surface area (TPSA) is 41.3 Å². The zero-order chi connectivity index (χ0) is 13.3. The summed E-state index contributed by atoms with van der Waals surface area (Å²) in [6.07, 6.45) is 1.83. The summed E-state index contributed by atoms with van der Waals surface area (Å²) in [5.41, 5.74) is 3.16. The maximum atomic E-state index is 9.36. The van der Waals surface area contributed by atoms with E-state index in [1.54, 1.807) is 0 Å². The number of likely N-dealkylation sites (N-methyl/N-ethyl adjacent to an activating group) is 1. The maximum absolute atomic E-state index is 9.36. The lowest BCUT2D eigenvalue weighted by Gasteiger charge is -2.33. The van der Waals surface area contributed by atoms with Crippen molar-refractivity contribution in [1.82, 2.24) is 14.5 Å². The van der Waals surface area contributed by atoms with Gasteiger partial charge < -0.3 is 9.67 Å². The first-order chi connectivity index (χ1) is 8.44. The van der Waals surface area contributed by atoms with Gasteiger partial charge in [-0.2, -0.15) is 0 Å². The molecule has 2 rings (SSSR count). The van der Waals surface area contributed by atoms with Gasteiger partial charge in [0.2, 0.25) is 0 Å². The van der Waals surface area contributed by atoms with E-state index in [-0.39, 0.29) is 12.1 Å². The standard InChI is InChI=1S/C14H21N3O/c1-14(2,9-18)17(4)8-11-5-6-13-12(7-11)15-10-16(13)3/h5-7,10,18H,8-9H2,1-4H3. The van der Waals surface area contributed by atoms with Crippen molar-refractivity contribution in [3.63, 3.8) is 0 Å². The van der Waals surface area contributed by atoms with Crippen LogP contribution in [-0.2, 0) is 13.6 Å². The molecule has 98 valence electrons. The lowest BCUT2D eigenvalue weighted by atomic mass is 10.0. The smallest absolute Gasteiger partial charge is 0.0955 e. The molecule has 0 aliphatic carbocycles. The summed E-state index contributed by atoms with van der Waals surface area (Å²) in [6.45, 7) is 5.02. The van der Waals surface area contributed by atoms with Gasteiger partial charge >= 0.3 is 0 Å². The third-order valence-corrected chi connectivity index (χ3v) is 3.63. The quantitative estimate of drug-likeness (QED) is 0.895. The summed E-state index contributed by atoms with van der Waals surface area (Å²) in [5, 5.41) is 9.36. The fraction of sp³-hybridized carbons (Fsp3) is 0.500. The van der Waals surface area contributed by atoms with E-state index in [4.69, 9.17) is 0 Å². The highest BCUT2D eigenvalue weighted by molar-refractivity contribution is 5.75. The molecule has 0 atom stereocenters. The van der Waals surface area contributed by atoms with Gasteiger partial charge in [0.05, 0.1) is 24.0 Å². The van der Waals surface area contributed by atoms with E-state index in [1.165, 1.54) is 5.56 Å². The summed E-state index contributed by atoms with van der Waals surface area (Å²) in [7, 11) is 4.02. The number of hydrogen-bond acceptors (Lipinski definition) is 3. The Morgan fingerprint density at radius 1 is 1.39 bits per heavy atom. The number of aryl methyl sites for hydroxylation is 1. The summed E-state index contributed by atoms with van der Waals surface area (Å²) < 4.78 is 2.01. The highest BCUT2D eigenvalue weighted by Gasteiger charge is 2.22. The van der Waals surface area contributed by atoms with Gasteiger partial charge in [-0.3, -0.25) is 4.90 Å². The average molecular weight is 247 g/mol. The predicted molar refractivity (Wildman–Crippen MR) is 73.3 cm³/mol. The molecule has 0 saturated heterocycles. The van der Waals surface area contributed by atoms with E-state index >= 15 is 0 Å². The third-order valence-electron chi connectivity index (χ3n) is 3.63. The van der Waals surface area contributed by atoms with Crippen LogP contribution in [-0.4, -0.2) is 38.8 Å². The van der Waals surface area contributed by atoms with Gasteiger partial charge in [0.1, 0.15) is 0 Å². The third kappa shape index (κ3) is 2.40. The molecule has 0 fully saturated rings. The van der Waals surface area contributed by atoms with Crippen LogP contribution < -0.4 is 0 Å². The van der Waals surface area contributed by atoms with Crippen LogP contribution in [0.25, 0.3) is 11.0 Å². The van der Waals surface area contributed by atoms with Crippen molar-refractivity contribution in [3.8, 4) is 0 Å². The molecule has 0 spiro atoms. The van der Waals surface area contributed by atoms with Crippen molar-refractivity contribution in [3.05, 3.63) is 30.1 Å². The van der Waals surface area contributed by atoms with Gasteiger partial charge in [0.25, 0.3) is 0 Å². The fourth-order valence-corrected chi connectivity index (χ4v) is 1.89. The van der Waals surface area contributed by atoms with Crippen LogP contribution in [0.15, 0.2) is 24.5 Å². The lowest BCUT2D eigenvalue weighted by molar-refractivity contribution is 0.0734. The molecule has 0 saturated carbocycles. The molecule has 1 aromatic heterocycles. The van der Waals surface area contributed by atoms with E-state index in [0.29, 0.717) is 0 Å². The molecule has 0 radical (unpaired) electrons. The van der Waals surface area contributed by atoms with Gasteiger partial charge in [-0.1, -0.05) is 6.07 Å². The molecule has 1 heterocycles. The zero-order valence-corrected chi connectivity index (χ0v) is 11.5. The van der Waals surface area contributed by atoms with Crippen LogP contribution in [0, 0.1) is 0 Å². The molecule has 0 bridgehead atoms. The van der Waals surface area contributed by atoms with Crippen molar-refractivity contribution in [2.45, 2.75) is 25.9 Å². The minimum atomic E-state index is -0.209. The number of imidazole rings is 1. The fourth-order valence-electron chi connectivity index (χ4n) is 1.89. The molecule has 1 N–H and O–H groups in total. The number of hydrogen-bond donors (Lipinski definition) is 1. The van der Waals surface area contributed by atoms with E-state index in [9.17, 15) is 5.11 Å². The number of aliphatic hydroxyl groups is 1. The molecule has 18 heavy (non-hydrogen) atoms. The minimum absolute atomic E-state index is 0.148. The summed E-state index contributed by atoms with van der Waals surface area (Å²) in [6, 6.07) is 6.32. The Kier molecular flexibility index (Phi) is 3.41. The molecular weight excluding hydrogens is 226 g/mol. The molecule has 4 heteroatoms. The first-order valence-corrected chi connectivity index (χ1v) is 6.16. The molecule has 2 aromatic rings. The average Bonchev–Trinajstić information content (AvgIpc) is 2.70. The van der Waals surface area contributed by atoms with E-state index in [2.05, 4.69) is 28.1 Å². The largest absolute Gasteiger partial charge is 0.394 e. The zero-order valence-electron chi connectivity index (χ0n) is 11.5. The lowest BCUT2D eigenvalue weighted by Crippen LogP contribution is -2.43. The molecule has 1 aromatic carbocycles. The maximum Gasteiger partial charge on any atom is 0.0955 e. The van der Waals surface area contributed by atoms with Gasteiger partial charge in [0.15, 0.2) is 0 Å². The van der Waals surface area contributed by atoms with Crippen LogP contribution >= 0.6 is 0 Å². The first-order valence-electron chi connectivity index (χ1n) is 6.16. The molecule has 4 nitrogen and oxygen atoms in total. The Bertz CT molecular complexity index is 545. The number of benzene rings is 1. The van der Waals surface area contributed by atoms with Gasteiger partial charge in [-0.15, -0.1) is 0 Å². The Hall–Kier alpha value is -1.39. The van der Waals surface area contributed by atoms with Crippen LogP contribution in [0.2, 0.25) is 0 Å². The highest BCUT2D eigenvalue weighted by atomic mass is 16.3. The Balaban J connectivity index is 2.22. The number of fused-ring (bicyclic) bond motifs is 1. The highest BCUT2D eigenvalue weighted by Crippen LogP contribution is 2.18. The molecule has 0 amide bonds. The number of rotatable bonds is 4. The monoisotopic (exact) mass is 247 g/mol. The van der Waals surface area contributed by atoms with Gasteiger partial charge in [-0.05, 0) is 38.6 Å². The van der Waals surface area contributed by atoms with Crippen molar-refractivity contribution in [2.75, 3.05) is 13.7 Å². The van der Waals surface area contributed by atoms with Crippen LogP contribution in [0.5, 0.6) is 0 Å². The normalized spacial score (nSPS) is 12.6. The second-order valence-corrected chi connectivity index (χ2v) is 5.51. The first kappa shape index (κ1) is 13.1. The minimum Gasteiger partial charge on any atom is -0.394 e. The second kappa shape index (κ2) is 4.71. The molecular formula is C14H21N3O. The van der Waals surface area contributed by atoms with Crippen LogP contribution in [0.1, 0.15) is 19.4 Å². The van der Waals surface area contributed by atoms with E-state index in [0.717, 1.165) is 17.6 Å². The van der Waals surface area contributed by atoms with Crippen molar-refractivity contribution < 1.29 is 5.11 Å².